The minimum Gasteiger partial charge on any atom is -0.490 e. The summed E-state index contributed by atoms with van der Waals surface area (Å²) in [6.45, 7) is 2.05. The normalized spacial score (nSPS) is 22.9. The molecule has 1 aliphatic carbocycles. The van der Waals surface area contributed by atoms with E-state index in [1.165, 1.54) is 12.1 Å². The summed E-state index contributed by atoms with van der Waals surface area (Å²) in [6, 6.07) is 6.17. The molecular formula is C14H15FO. The van der Waals surface area contributed by atoms with Gasteiger partial charge in [0.2, 0.25) is 0 Å². The van der Waals surface area contributed by atoms with Crippen molar-refractivity contribution in [3.8, 4) is 17.6 Å². The molecule has 0 radical (unpaired) electrons. The van der Waals surface area contributed by atoms with E-state index in [0.29, 0.717) is 5.92 Å². The quantitative estimate of drug-likeness (QED) is 0.691. The van der Waals surface area contributed by atoms with E-state index in [9.17, 15) is 4.39 Å². The van der Waals surface area contributed by atoms with Crippen LogP contribution in [0.5, 0.6) is 5.75 Å². The lowest BCUT2D eigenvalue weighted by atomic mass is 9.83. The molecule has 0 bridgehead atoms. The third-order valence-electron chi connectivity index (χ3n) is 2.69. The Morgan fingerprint density at radius 2 is 2.00 bits per heavy atom. The number of benzene rings is 1. The maximum Gasteiger partial charge on any atom is 0.123 e. The summed E-state index contributed by atoms with van der Waals surface area (Å²) in [5, 5.41) is 0. The van der Waals surface area contributed by atoms with Crippen molar-refractivity contribution in [2.24, 2.45) is 5.92 Å². The van der Waals surface area contributed by atoms with Gasteiger partial charge < -0.3 is 4.74 Å². The average Bonchev–Trinajstić information content (AvgIpc) is 2.24. The predicted molar refractivity (Wildman–Crippen MR) is 61.6 cm³/mol. The second-order valence-corrected chi connectivity index (χ2v) is 4.04. The Labute approximate surface area is 95.6 Å². The average molecular weight is 218 g/mol. The van der Waals surface area contributed by atoms with Crippen LogP contribution in [-0.4, -0.2) is 6.10 Å². The molecule has 0 unspecified atom stereocenters. The van der Waals surface area contributed by atoms with Crippen molar-refractivity contribution in [3.63, 3.8) is 0 Å². The topological polar surface area (TPSA) is 9.23 Å². The van der Waals surface area contributed by atoms with E-state index >= 15 is 0 Å². The number of halogens is 1. The SMILES string of the molecule is CCC#CC1CC(Oc2ccc(F)cc2)C1. The zero-order valence-electron chi connectivity index (χ0n) is 9.37. The fourth-order valence-electron chi connectivity index (χ4n) is 1.73. The smallest absolute Gasteiger partial charge is 0.123 e. The Balaban J connectivity index is 1.79. The molecule has 0 N–H and O–H groups in total. The van der Waals surface area contributed by atoms with E-state index in [1.54, 1.807) is 12.1 Å². The lowest BCUT2D eigenvalue weighted by Crippen LogP contribution is -2.32. The van der Waals surface area contributed by atoms with E-state index in [1.807, 2.05) is 0 Å². The van der Waals surface area contributed by atoms with Gasteiger partial charge >= 0.3 is 0 Å². The van der Waals surface area contributed by atoms with Gasteiger partial charge in [-0.2, -0.15) is 0 Å². The van der Waals surface area contributed by atoms with Crippen molar-refractivity contribution in [3.05, 3.63) is 30.1 Å². The number of hydrogen-bond acceptors (Lipinski definition) is 1. The highest BCUT2D eigenvalue weighted by molar-refractivity contribution is 5.23. The van der Waals surface area contributed by atoms with Gasteiger partial charge in [0.05, 0.1) is 0 Å². The van der Waals surface area contributed by atoms with Crippen molar-refractivity contribution >= 4 is 0 Å². The van der Waals surface area contributed by atoms with Crippen LogP contribution in [0.4, 0.5) is 4.39 Å². The molecule has 1 aromatic carbocycles. The summed E-state index contributed by atoms with van der Waals surface area (Å²) < 4.78 is 18.3. The summed E-state index contributed by atoms with van der Waals surface area (Å²) in [4.78, 5) is 0. The van der Waals surface area contributed by atoms with E-state index in [0.717, 1.165) is 25.0 Å². The van der Waals surface area contributed by atoms with Crippen LogP contribution < -0.4 is 4.74 Å². The van der Waals surface area contributed by atoms with Crippen LogP contribution in [-0.2, 0) is 0 Å². The molecule has 0 atom stereocenters. The van der Waals surface area contributed by atoms with Gasteiger partial charge in [-0.3, -0.25) is 0 Å². The third kappa shape index (κ3) is 2.76. The van der Waals surface area contributed by atoms with Crippen LogP contribution in [0.15, 0.2) is 24.3 Å². The molecule has 0 amide bonds. The van der Waals surface area contributed by atoms with Gasteiger partial charge in [-0.15, -0.1) is 5.92 Å². The molecule has 0 heterocycles. The van der Waals surface area contributed by atoms with Gasteiger partial charge in [0.15, 0.2) is 0 Å². The lowest BCUT2D eigenvalue weighted by molar-refractivity contribution is 0.0901. The van der Waals surface area contributed by atoms with E-state index in [-0.39, 0.29) is 11.9 Å². The lowest BCUT2D eigenvalue weighted by Gasteiger charge is -2.32. The molecule has 1 aromatic rings. The molecule has 1 saturated carbocycles. The van der Waals surface area contributed by atoms with Crippen molar-refractivity contribution in [1.82, 2.24) is 0 Å². The van der Waals surface area contributed by atoms with Gasteiger partial charge in [-0.25, -0.2) is 4.39 Å². The van der Waals surface area contributed by atoms with E-state index in [4.69, 9.17) is 4.74 Å². The Hall–Kier alpha value is -1.49. The maximum atomic E-state index is 12.6. The third-order valence-corrected chi connectivity index (χ3v) is 2.69. The summed E-state index contributed by atoms with van der Waals surface area (Å²) in [5.74, 6) is 7.30. The zero-order valence-corrected chi connectivity index (χ0v) is 9.37. The van der Waals surface area contributed by atoms with Gasteiger partial charge in [0.1, 0.15) is 17.7 Å². The minimum atomic E-state index is -0.229. The van der Waals surface area contributed by atoms with Crippen LogP contribution in [0.25, 0.3) is 0 Å². The fourth-order valence-corrected chi connectivity index (χ4v) is 1.73. The molecule has 1 fully saturated rings. The number of ether oxygens (including phenoxy) is 1. The van der Waals surface area contributed by atoms with Crippen molar-refractivity contribution in [1.29, 1.82) is 0 Å². The first-order valence-corrected chi connectivity index (χ1v) is 5.68. The molecule has 0 aliphatic heterocycles. The minimum absolute atomic E-state index is 0.229. The zero-order chi connectivity index (χ0) is 11.4. The highest BCUT2D eigenvalue weighted by Crippen LogP contribution is 2.30. The molecule has 2 rings (SSSR count). The van der Waals surface area contributed by atoms with Crippen LogP contribution in [0.3, 0.4) is 0 Å². The Bertz CT molecular complexity index is 393. The van der Waals surface area contributed by atoms with Crippen molar-refractivity contribution in [2.45, 2.75) is 32.3 Å². The largest absolute Gasteiger partial charge is 0.490 e. The van der Waals surface area contributed by atoms with E-state index < -0.39 is 0 Å². The highest BCUT2D eigenvalue weighted by Gasteiger charge is 2.29. The second-order valence-electron chi connectivity index (χ2n) is 4.04. The Morgan fingerprint density at radius 1 is 1.31 bits per heavy atom. The van der Waals surface area contributed by atoms with Crippen molar-refractivity contribution in [2.75, 3.05) is 0 Å². The van der Waals surface area contributed by atoms with Gasteiger partial charge in [0, 0.05) is 12.3 Å². The molecular weight excluding hydrogens is 203 g/mol. The van der Waals surface area contributed by atoms with Gasteiger partial charge in [-0.1, -0.05) is 12.8 Å². The molecule has 0 aromatic heterocycles. The second kappa shape index (κ2) is 5.03. The maximum absolute atomic E-state index is 12.6. The molecule has 84 valence electrons. The summed E-state index contributed by atoms with van der Waals surface area (Å²) in [6.07, 6.45) is 3.15. The van der Waals surface area contributed by atoms with E-state index in [2.05, 4.69) is 18.8 Å². The van der Waals surface area contributed by atoms with Crippen LogP contribution in [0, 0.1) is 23.6 Å². The van der Waals surface area contributed by atoms with Crippen LogP contribution in [0.2, 0.25) is 0 Å². The first kappa shape index (κ1) is 11.0. The van der Waals surface area contributed by atoms with Crippen LogP contribution >= 0.6 is 0 Å². The van der Waals surface area contributed by atoms with Gasteiger partial charge in [-0.05, 0) is 37.1 Å². The first-order valence-electron chi connectivity index (χ1n) is 5.68. The fraction of sp³-hybridized carbons (Fsp3) is 0.429. The summed E-state index contributed by atoms with van der Waals surface area (Å²) in [5.41, 5.74) is 0. The molecule has 0 saturated heterocycles. The molecule has 2 heteroatoms. The monoisotopic (exact) mass is 218 g/mol. The molecule has 1 aliphatic rings. The number of hydrogen-bond donors (Lipinski definition) is 0. The summed E-state index contributed by atoms with van der Waals surface area (Å²) in [7, 11) is 0. The molecule has 0 spiro atoms. The standard InChI is InChI=1S/C14H15FO/c1-2-3-4-11-9-14(10-11)16-13-7-5-12(15)6-8-13/h5-8,11,14H,2,9-10H2,1H3. The molecule has 16 heavy (non-hydrogen) atoms. The predicted octanol–water partition coefficient (Wildman–Crippen LogP) is 3.40. The van der Waals surface area contributed by atoms with Crippen LogP contribution in [0.1, 0.15) is 26.2 Å². The Kier molecular flexibility index (Phi) is 3.46. The van der Waals surface area contributed by atoms with Gasteiger partial charge in [0.25, 0.3) is 0 Å². The highest BCUT2D eigenvalue weighted by atomic mass is 19.1. The summed E-state index contributed by atoms with van der Waals surface area (Å²) >= 11 is 0. The number of rotatable bonds is 2. The van der Waals surface area contributed by atoms with Crippen molar-refractivity contribution < 1.29 is 9.13 Å². The first-order chi connectivity index (χ1) is 7.78. The molecule has 1 nitrogen and oxygen atoms in total. The Morgan fingerprint density at radius 3 is 2.62 bits per heavy atom.